The van der Waals surface area contributed by atoms with E-state index in [0.29, 0.717) is 19.0 Å². The van der Waals surface area contributed by atoms with Gasteiger partial charge in [0.15, 0.2) is 0 Å². The van der Waals surface area contributed by atoms with Gasteiger partial charge in [-0.1, -0.05) is 11.3 Å². The summed E-state index contributed by atoms with van der Waals surface area (Å²) in [6.07, 6.45) is 5.10. The van der Waals surface area contributed by atoms with Crippen molar-refractivity contribution in [2.24, 2.45) is 0 Å². The average molecular weight is 332 g/mol. The number of likely N-dealkylation sites (tertiary alicyclic amines) is 1. The van der Waals surface area contributed by atoms with Crippen molar-refractivity contribution in [1.82, 2.24) is 19.9 Å². The number of carbonyl (C=O) groups excluding carboxylic acids is 1. The molecule has 24 heavy (non-hydrogen) atoms. The molecule has 126 valence electrons. The number of halogens is 2. The topological polar surface area (TPSA) is 51.0 Å². The third-order valence-electron chi connectivity index (χ3n) is 4.77. The molecule has 1 unspecified atom stereocenters. The number of amides is 1. The Hall–Kier alpha value is -2.31. The van der Waals surface area contributed by atoms with E-state index >= 15 is 0 Å². The summed E-state index contributed by atoms with van der Waals surface area (Å²) in [5.74, 6) is -0.906. The number of benzene rings is 1. The molecule has 2 aliphatic rings. The van der Waals surface area contributed by atoms with Crippen LogP contribution in [-0.2, 0) is 11.2 Å². The van der Waals surface area contributed by atoms with Gasteiger partial charge < -0.3 is 4.90 Å². The van der Waals surface area contributed by atoms with Crippen LogP contribution in [-0.4, -0.2) is 38.9 Å². The van der Waals surface area contributed by atoms with Crippen LogP contribution in [0, 0.1) is 11.6 Å². The molecule has 0 bridgehead atoms. The van der Waals surface area contributed by atoms with Gasteiger partial charge >= 0.3 is 0 Å². The highest BCUT2D eigenvalue weighted by Crippen LogP contribution is 2.39. The van der Waals surface area contributed by atoms with Crippen LogP contribution in [0.1, 0.15) is 42.5 Å². The fourth-order valence-electron chi connectivity index (χ4n) is 3.16. The van der Waals surface area contributed by atoms with Crippen molar-refractivity contribution in [2.45, 2.75) is 37.6 Å². The molecule has 1 amide bonds. The van der Waals surface area contributed by atoms with Gasteiger partial charge in [-0.25, -0.2) is 13.5 Å². The molecule has 1 aromatic carbocycles. The van der Waals surface area contributed by atoms with Gasteiger partial charge in [-0.3, -0.25) is 4.79 Å². The van der Waals surface area contributed by atoms with Crippen LogP contribution >= 0.6 is 0 Å². The van der Waals surface area contributed by atoms with Gasteiger partial charge in [0.1, 0.15) is 11.6 Å². The van der Waals surface area contributed by atoms with E-state index in [1.54, 1.807) is 4.90 Å². The quantitative estimate of drug-likeness (QED) is 0.864. The number of aromatic nitrogens is 3. The summed E-state index contributed by atoms with van der Waals surface area (Å²) >= 11 is 0. The Kier molecular flexibility index (Phi) is 3.78. The van der Waals surface area contributed by atoms with Crippen molar-refractivity contribution in [2.75, 3.05) is 13.1 Å². The number of rotatable bonds is 4. The van der Waals surface area contributed by atoms with Gasteiger partial charge in [-0.2, -0.15) is 0 Å². The third-order valence-corrected chi connectivity index (χ3v) is 4.77. The first-order valence-electron chi connectivity index (χ1n) is 8.23. The fourth-order valence-corrected chi connectivity index (χ4v) is 3.16. The number of nitrogens with zero attached hydrogens (tertiary/aromatic N) is 4. The Bertz CT molecular complexity index is 772. The number of hydrogen-bond acceptors (Lipinski definition) is 3. The molecule has 1 saturated carbocycles. The predicted octanol–water partition coefficient (Wildman–Crippen LogP) is 2.45. The summed E-state index contributed by atoms with van der Waals surface area (Å²) in [5, 5.41) is 8.39. The lowest BCUT2D eigenvalue weighted by Crippen LogP contribution is -2.30. The number of carbonyl (C=O) groups is 1. The minimum absolute atomic E-state index is 0.0521. The van der Waals surface area contributed by atoms with Gasteiger partial charge in [0.2, 0.25) is 5.91 Å². The van der Waals surface area contributed by atoms with Crippen molar-refractivity contribution in [3.8, 4) is 0 Å². The molecule has 5 nitrogen and oxygen atoms in total. The minimum atomic E-state index is -0.676. The second-order valence-corrected chi connectivity index (χ2v) is 6.59. The minimum Gasteiger partial charge on any atom is -0.340 e. The van der Waals surface area contributed by atoms with Crippen LogP contribution in [0.3, 0.4) is 0 Å². The maximum absolute atomic E-state index is 13.7. The van der Waals surface area contributed by atoms with E-state index in [4.69, 9.17) is 0 Å². The first-order chi connectivity index (χ1) is 11.6. The second-order valence-electron chi connectivity index (χ2n) is 6.59. The van der Waals surface area contributed by atoms with Crippen molar-refractivity contribution in [3.05, 3.63) is 47.3 Å². The maximum Gasteiger partial charge on any atom is 0.227 e. The Balaban J connectivity index is 1.39. The lowest BCUT2D eigenvalue weighted by molar-refractivity contribution is -0.129. The summed E-state index contributed by atoms with van der Waals surface area (Å²) in [7, 11) is 0. The third kappa shape index (κ3) is 3.02. The standard InChI is InChI=1S/C17H18F2N4O/c18-13-4-3-12(15(19)8-13)7-17(24)22-6-5-14(9-22)23-10-16(20-21-23)11-1-2-11/h3-4,8,10-11,14H,1-2,5-7,9H2. The molecule has 1 atom stereocenters. The van der Waals surface area contributed by atoms with Crippen LogP contribution < -0.4 is 0 Å². The fraction of sp³-hybridized carbons (Fsp3) is 0.471. The van der Waals surface area contributed by atoms with Crippen molar-refractivity contribution < 1.29 is 13.6 Å². The molecular weight excluding hydrogens is 314 g/mol. The monoisotopic (exact) mass is 332 g/mol. The van der Waals surface area contributed by atoms with Crippen LogP contribution in [0.2, 0.25) is 0 Å². The smallest absolute Gasteiger partial charge is 0.227 e. The molecule has 0 N–H and O–H groups in total. The lowest BCUT2D eigenvalue weighted by Gasteiger charge is -2.16. The van der Waals surface area contributed by atoms with Crippen molar-refractivity contribution in [3.63, 3.8) is 0 Å². The summed E-state index contributed by atoms with van der Waals surface area (Å²) in [6, 6.07) is 3.43. The summed E-state index contributed by atoms with van der Waals surface area (Å²) < 4.78 is 28.5. The first-order valence-corrected chi connectivity index (χ1v) is 8.23. The van der Waals surface area contributed by atoms with Crippen LogP contribution in [0.4, 0.5) is 8.78 Å². The Morgan fingerprint density at radius 3 is 2.83 bits per heavy atom. The van der Waals surface area contributed by atoms with E-state index in [9.17, 15) is 13.6 Å². The molecule has 2 heterocycles. The number of hydrogen-bond donors (Lipinski definition) is 0. The van der Waals surface area contributed by atoms with Gasteiger partial charge in [0.05, 0.1) is 18.2 Å². The zero-order chi connectivity index (χ0) is 16.7. The van der Waals surface area contributed by atoms with E-state index < -0.39 is 11.6 Å². The van der Waals surface area contributed by atoms with Crippen molar-refractivity contribution >= 4 is 5.91 Å². The highest BCUT2D eigenvalue weighted by Gasteiger charge is 2.31. The molecule has 4 rings (SSSR count). The molecule has 7 heteroatoms. The average Bonchev–Trinajstić information content (AvgIpc) is 3.10. The zero-order valence-corrected chi connectivity index (χ0v) is 13.2. The Labute approximate surface area is 138 Å². The molecule has 1 aromatic heterocycles. The SMILES string of the molecule is O=C(Cc1ccc(F)cc1F)N1CCC(n2cc(C3CC3)nn2)C1. The maximum atomic E-state index is 13.7. The van der Waals surface area contributed by atoms with E-state index in [2.05, 4.69) is 10.3 Å². The molecule has 1 aliphatic carbocycles. The largest absolute Gasteiger partial charge is 0.340 e. The van der Waals surface area contributed by atoms with E-state index in [-0.39, 0.29) is 23.9 Å². The highest BCUT2D eigenvalue weighted by molar-refractivity contribution is 5.79. The molecular formula is C17H18F2N4O. The van der Waals surface area contributed by atoms with Crippen LogP contribution in [0.15, 0.2) is 24.4 Å². The first kappa shape index (κ1) is 15.2. The second kappa shape index (κ2) is 5.96. The molecule has 2 fully saturated rings. The molecule has 2 aromatic rings. The molecule has 1 aliphatic heterocycles. The van der Waals surface area contributed by atoms with E-state index in [0.717, 1.165) is 18.2 Å². The normalized spacial score (nSPS) is 20.6. The van der Waals surface area contributed by atoms with E-state index in [1.807, 2.05) is 10.9 Å². The highest BCUT2D eigenvalue weighted by atomic mass is 19.1. The zero-order valence-electron chi connectivity index (χ0n) is 13.2. The lowest BCUT2D eigenvalue weighted by atomic mass is 10.1. The van der Waals surface area contributed by atoms with Crippen LogP contribution in [0.25, 0.3) is 0 Å². The Morgan fingerprint density at radius 1 is 1.25 bits per heavy atom. The molecule has 0 spiro atoms. The Morgan fingerprint density at radius 2 is 2.08 bits per heavy atom. The van der Waals surface area contributed by atoms with Crippen molar-refractivity contribution in [1.29, 1.82) is 0 Å². The van der Waals surface area contributed by atoms with Gasteiger partial charge in [-0.15, -0.1) is 5.10 Å². The van der Waals surface area contributed by atoms with Gasteiger partial charge in [-0.05, 0) is 30.9 Å². The summed E-state index contributed by atoms with van der Waals surface area (Å²) in [5.41, 5.74) is 1.26. The summed E-state index contributed by atoms with van der Waals surface area (Å²) in [6.45, 7) is 1.17. The summed E-state index contributed by atoms with van der Waals surface area (Å²) in [4.78, 5) is 14.1. The predicted molar refractivity (Wildman–Crippen MR) is 82.3 cm³/mol. The molecule has 0 radical (unpaired) electrons. The van der Waals surface area contributed by atoms with Gasteiger partial charge in [0, 0.05) is 31.3 Å². The molecule has 1 saturated heterocycles. The van der Waals surface area contributed by atoms with E-state index in [1.165, 1.54) is 25.0 Å². The van der Waals surface area contributed by atoms with Gasteiger partial charge in [0.25, 0.3) is 0 Å². The van der Waals surface area contributed by atoms with Crippen LogP contribution in [0.5, 0.6) is 0 Å².